The first-order valence-corrected chi connectivity index (χ1v) is 7.72. The van der Waals surface area contributed by atoms with Crippen molar-refractivity contribution in [2.75, 3.05) is 47.8 Å². The van der Waals surface area contributed by atoms with E-state index in [1.54, 1.807) is 21.3 Å². The third kappa shape index (κ3) is 15.9. The van der Waals surface area contributed by atoms with E-state index in [2.05, 4.69) is 0 Å². The number of ether oxygens (including phenoxy) is 4. The second-order valence-corrected chi connectivity index (χ2v) is 5.64. The Morgan fingerprint density at radius 2 is 1.38 bits per heavy atom. The summed E-state index contributed by atoms with van der Waals surface area (Å²) in [5, 5.41) is 25.1. The topological polar surface area (TPSA) is 141 Å². The van der Waals surface area contributed by atoms with Gasteiger partial charge in [0.25, 0.3) is 5.97 Å². The zero-order valence-electron chi connectivity index (χ0n) is 15.1. The van der Waals surface area contributed by atoms with Gasteiger partial charge in [-0.3, -0.25) is 0 Å². The molecule has 0 saturated heterocycles. The van der Waals surface area contributed by atoms with Crippen LogP contribution in [0.5, 0.6) is 0 Å². The average molecular weight is 355 g/mol. The summed E-state index contributed by atoms with van der Waals surface area (Å²) in [5.41, 5.74) is 4.40. The molecule has 0 aromatic rings. The number of unbranched alkanes of at least 4 members (excludes halogenated alkanes) is 2. The average Bonchev–Trinajstić information content (AvgIpc) is 2.46. The fourth-order valence-electron chi connectivity index (χ4n) is 2.00. The summed E-state index contributed by atoms with van der Waals surface area (Å²) in [5.74, 6) is -2.45. The summed E-state index contributed by atoms with van der Waals surface area (Å²) in [6.45, 7) is 3.21. The van der Waals surface area contributed by atoms with Gasteiger partial charge in [-0.15, -0.1) is 0 Å². The van der Waals surface area contributed by atoms with Gasteiger partial charge < -0.3 is 40.0 Å². The van der Waals surface area contributed by atoms with Gasteiger partial charge in [0.1, 0.15) is 6.61 Å². The van der Waals surface area contributed by atoms with Crippen LogP contribution in [0, 0.1) is 5.41 Å². The van der Waals surface area contributed by atoms with E-state index < -0.39 is 17.5 Å². The van der Waals surface area contributed by atoms with Crippen LogP contribution in [-0.2, 0) is 18.9 Å². The quantitative estimate of drug-likeness (QED) is 0.287. The van der Waals surface area contributed by atoms with Gasteiger partial charge in [0.2, 0.25) is 0 Å². The molecule has 0 atom stereocenters. The number of primary amides is 1. The van der Waals surface area contributed by atoms with E-state index in [1.165, 1.54) is 0 Å². The van der Waals surface area contributed by atoms with E-state index in [-0.39, 0.29) is 13.0 Å². The Kier molecular flexibility index (Phi) is 15.1. The van der Waals surface area contributed by atoms with Crippen LogP contribution in [0.3, 0.4) is 0 Å². The number of amides is 1. The molecule has 9 nitrogen and oxygen atoms in total. The van der Waals surface area contributed by atoms with Crippen molar-refractivity contribution in [1.82, 2.24) is 0 Å². The van der Waals surface area contributed by atoms with Crippen molar-refractivity contribution in [2.24, 2.45) is 11.1 Å². The Hall–Kier alpha value is -0.970. The van der Waals surface area contributed by atoms with Crippen LogP contribution in [0.15, 0.2) is 0 Å². The van der Waals surface area contributed by atoms with Crippen LogP contribution in [0.4, 0.5) is 4.79 Å². The predicted octanol–water partition coefficient (Wildman–Crippen LogP) is 0.205. The lowest BCUT2D eigenvalue weighted by Crippen LogP contribution is -2.42. The van der Waals surface area contributed by atoms with E-state index in [1.807, 2.05) is 6.92 Å². The second-order valence-electron chi connectivity index (χ2n) is 5.64. The zero-order chi connectivity index (χ0) is 19.1. The molecule has 0 radical (unpaired) electrons. The molecule has 0 rings (SSSR count). The summed E-state index contributed by atoms with van der Waals surface area (Å²) >= 11 is 0. The molecule has 0 spiro atoms. The number of carbonyl (C=O) groups excluding carboxylic acids is 1. The van der Waals surface area contributed by atoms with Gasteiger partial charge in [0.05, 0.1) is 25.2 Å². The van der Waals surface area contributed by atoms with Crippen LogP contribution >= 0.6 is 0 Å². The monoisotopic (exact) mass is 355 g/mol. The fourth-order valence-corrected chi connectivity index (χ4v) is 2.00. The van der Waals surface area contributed by atoms with Crippen LogP contribution in [0.2, 0.25) is 0 Å². The number of rotatable bonds is 12. The van der Waals surface area contributed by atoms with Crippen LogP contribution in [-0.4, -0.2) is 75.1 Å². The smallest absolute Gasteiger partial charge is 0.404 e. The molecule has 0 aromatic heterocycles. The molecular formula is C15H33NO8. The minimum absolute atomic E-state index is 0.0425. The van der Waals surface area contributed by atoms with Crippen LogP contribution in [0.25, 0.3) is 0 Å². The number of methoxy groups -OCH3 is 3. The normalized spacial score (nSPS) is 11.6. The van der Waals surface area contributed by atoms with Gasteiger partial charge in [0, 0.05) is 27.8 Å². The maximum atomic E-state index is 10.5. The molecule has 0 aliphatic carbocycles. The number of nitrogens with two attached hydrogens (primary N) is 1. The molecule has 5 N–H and O–H groups in total. The molecule has 0 aromatic carbocycles. The largest absolute Gasteiger partial charge is 0.449 e. The minimum Gasteiger partial charge on any atom is -0.449 e. The molecule has 146 valence electrons. The Morgan fingerprint density at radius 3 is 1.67 bits per heavy atom. The maximum absolute atomic E-state index is 10.5. The van der Waals surface area contributed by atoms with Crippen molar-refractivity contribution in [3.05, 3.63) is 0 Å². The summed E-state index contributed by atoms with van der Waals surface area (Å²) in [4.78, 5) is 10.5. The van der Waals surface area contributed by atoms with Gasteiger partial charge in [0.15, 0.2) is 0 Å². The number of aliphatic hydroxyl groups is 3. The zero-order valence-corrected chi connectivity index (χ0v) is 15.1. The minimum atomic E-state index is -2.45. The molecule has 0 heterocycles. The summed E-state index contributed by atoms with van der Waals surface area (Å²) in [7, 11) is 4.68. The first-order valence-electron chi connectivity index (χ1n) is 7.72. The molecule has 0 aliphatic rings. The van der Waals surface area contributed by atoms with Gasteiger partial charge in [-0.25, -0.2) is 4.79 Å². The predicted molar refractivity (Wildman–Crippen MR) is 87.1 cm³/mol. The van der Waals surface area contributed by atoms with Crippen molar-refractivity contribution < 1.29 is 39.1 Å². The maximum Gasteiger partial charge on any atom is 0.404 e. The molecule has 1 amide bonds. The molecule has 0 aliphatic heterocycles. The highest BCUT2D eigenvalue weighted by atomic mass is 16.7. The van der Waals surface area contributed by atoms with E-state index in [0.717, 1.165) is 12.8 Å². The van der Waals surface area contributed by atoms with Crippen LogP contribution in [0.1, 0.15) is 32.6 Å². The number of carbonyl (C=O) groups is 1. The summed E-state index contributed by atoms with van der Waals surface area (Å²) < 4.78 is 19.9. The Labute approximate surface area is 143 Å². The lowest BCUT2D eigenvalue weighted by atomic mass is 9.92. The van der Waals surface area contributed by atoms with Gasteiger partial charge in [-0.1, -0.05) is 19.8 Å². The Morgan fingerprint density at radius 1 is 0.917 bits per heavy atom. The molecular weight excluding hydrogens is 322 g/mol. The molecule has 0 fully saturated rings. The third-order valence-electron chi connectivity index (χ3n) is 2.99. The van der Waals surface area contributed by atoms with Gasteiger partial charge in [-0.2, -0.15) is 0 Å². The van der Waals surface area contributed by atoms with E-state index in [9.17, 15) is 4.79 Å². The van der Waals surface area contributed by atoms with E-state index in [0.29, 0.717) is 26.2 Å². The number of hydrogen-bond acceptors (Lipinski definition) is 8. The Bertz CT molecular complexity index is 289. The van der Waals surface area contributed by atoms with Crippen molar-refractivity contribution in [2.45, 2.75) is 38.6 Å². The molecule has 0 unspecified atom stereocenters. The van der Waals surface area contributed by atoms with Gasteiger partial charge >= 0.3 is 6.09 Å². The molecule has 9 heteroatoms. The van der Waals surface area contributed by atoms with Crippen molar-refractivity contribution in [3.8, 4) is 0 Å². The van der Waals surface area contributed by atoms with E-state index >= 15 is 0 Å². The highest BCUT2D eigenvalue weighted by Crippen LogP contribution is 2.19. The van der Waals surface area contributed by atoms with Crippen molar-refractivity contribution in [1.29, 1.82) is 0 Å². The summed E-state index contributed by atoms with van der Waals surface area (Å²) in [6, 6.07) is 0. The van der Waals surface area contributed by atoms with Gasteiger partial charge in [-0.05, 0) is 6.42 Å². The fraction of sp³-hybridized carbons (Fsp3) is 0.933. The SMILES string of the molecule is CCCCCC(O)(O)O.COCC(COC)(COC)COC(N)=O. The molecule has 24 heavy (non-hydrogen) atoms. The Balaban J connectivity index is 0. The number of hydrogen-bond donors (Lipinski definition) is 4. The molecule has 0 saturated carbocycles. The van der Waals surface area contributed by atoms with E-state index in [4.69, 9.17) is 40.0 Å². The third-order valence-corrected chi connectivity index (χ3v) is 2.99. The molecule has 0 bridgehead atoms. The first kappa shape index (κ1) is 25.3. The lowest BCUT2D eigenvalue weighted by molar-refractivity contribution is -0.314. The lowest BCUT2D eigenvalue weighted by Gasteiger charge is -2.30. The highest BCUT2D eigenvalue weighted by molar-refractivity contribution is 5.64. The highest BCUT2D eigenvalue weighted by Gasteiger charge is 2.32. The summed E-state index contributed by atoms with van der Waals surface area (Å²) in [6.07, 6.45) is 1.81. The van der Waals surface area contributed by atoms with Crippen molar-refractivity contribution >= 4 is 6.09 Å². The van der Waals surface area contributed by atoms with Crippen molar-refractivity contribution in [3.63, 3.8) is 0 Å². The second kappa shape index (κ2) is 14.4. The first-order chi connectivity index (χ1) is 11.2. The van der Waals surface area contributed by atoms with Crippen LogP contribution < -0.4 is 5.73 Å². The standard InChI is InChI=1S/C9H19NO5.C6H14O3/c1-12-4-9(5-13-2,6-14-3)7-15-8(10)11;1-2-3-4-5-6(7,8)9/h4-7H2,1-3H3,(H2,10,11);7-9H,2-5H2,1H3.